The Labute approximate surface area is 129 Å². The summed E-state index contributed by atoms with van der Waals surface area (Å²) in [6, 6.07) is -0.0533. The highest BCUT2D eigenvalue weighted by molar-refractivity contribution is 5.89. The zero-order chi connectivity index (χ0) is 15.5. The van der Waals surface area contributed by atoms with Crippen LogP contribution < -0.4 is 5.32 Å². The third-order valence-corrected chi connectivity index (χ3v) is 4.01. The Hall–Kier alpha value is -2.31. The summed E-state index contributed by atoms with van der Waals surface area (Å²) in [5.41, 5.74) is 1.96. The molecule has 2 aromatic rings. The van der Waals surface area contributed by atoms with Crippen LogP contribution in [0.1, 0.15) is 31.2 Å². The van der Waals surface area contributed by atoms with Gasteiger partial charge in [-0.25, -0.2) is 4.79 Å². The summed E-state index contributed by atoms with van der Waals surface area (Å²) in [4.78, 5) is 14.2. The molecule has 0 spiro atoms. The van der Waals surface area contributed by atoms with E-state index in [1.54, 1.807) is 10.9 Å². The minimum Gasteiger partial charge on any atom is -0.324 e. The number of aromatic nitrogens is 4. The summed E-state index contributed by atoms with van der Waals surface area (Å²) in [6.07, 6.45) is 9.49. The molecule has 3 rings (SSSR count). The molecule has 0 aromatic carbocycles. The number of carbonyl (C=O) groups is 1. The lowest BCUT2D eigenvalue weighted by Crippen LogP contribution is -2.32. The molecule has 7 nitrogen and oxygen atoms in total. The smallest absolute Gasteiger partial charge is 0.321 e. The second kappa shape index (κ2) is 6.21. The third kappa shape index (κ3) is 3.13. The molecular weight excluding hydrogens is 280 g/mol. The Bertz CT molecular complexity index is 646. The molecule has 3 heterocycles. The summed E-state index contributed by atoms with van der Waals surface area (Å²) in [7, 11) is 1.91. The van der Waals surface area contributed by atoms with Crippen molar-refractivity contribution in [2.24, 2.45) is 7.05 Å². The van der Waals surface area contributed by atoms with Gasteiger partial charge in [0, 0.05) is 45.0 Å². The molecule has 22 heavy (non-hydrogen) atoms. The molecule has 0 bridgehead atoms. The van der Waals surface area contributed by atoms with Crippen molar-refractivity contribution in [2.45, 2.75) is 32.2 Å². The van der Waals surface area contributed by atoms with Gasteiger partial charge in [0.2, 0.25) is 0 Å². The molecule has 1 fully saturated rings. The van der Waals surface area contributed by atoms with Gasteiger partial charge in [-0.3, -0.25) is 9.36 Å². The molecule has 1 aliphatic heterocycles. The van der Waals surface area contributed by atoms with Crippen molar-refractivity contribution in [1.82, 2.24) is 24.5 Å². The first-order chi connectivity index (χ1) is 10.7. The van der Waals surface area contributed by atoms with Gasteiger partial charge < -0.3 is 10.2 Å². The fourth-order valence-electron chi connectivity index (χ4n) is 2.85. The molecular formula is C15H22N6O. The molecule has 2 aromatic heterocycles. The molecule has 0 radical (unpaired) electrons. The van der Waals surface area contributed by atoms with E-state index in [-0.39, 0.29) is 6.03 Å². The third-order valence-electron chi connectivity index (χ3n) is 4.01. The molecule has 2 amide bonds. The fraction of sp³-hybridized carbons (Fsp3) is 0.533. The highest BCUT2D eigenvalue weighted by Crippen LogP contribution is 2.27. The highest BCUT2D eigenvalue weighted by Gasteiger charge is 2.28. The number of nitrogens with one attached hydrogen (secondary N) is 1. The first-order valence-electron chi connectivity index (χ1n) is 7.72. The Balaban J connectivity index is 1.56. The van der Waals surface area contributed by atoms with Crippen molar-refractivity contribution < 1.29 is 4.79 Å². The SMILES string of the molecule is CCCn1cc(NC(=O)N2CCC(c3cnn(C)c3)C2)cn1. The van der Waals surface area contributed by atoms with E-state index in [9.17, 15) is 4.79 Å². The Kier molecular flexibility index (Phi) is 4.13. The maximum Gasteiger partial charge on any atom is 0.321 e. The fourth-order valence-corrected chi connectivity index (χ4v) is 2.85. The average Bonchev–Trinajstić information content (AvgIpc) is 3.19. The van der Waals surface area contributed by atoms with Crippen LogP contribution in [0.25, 0.3) is 0 Å². The quantitative estimate of drug-likeness (QED) is 0.940. The predicted molar refractivity (Wildman–Crippen MR) is 83.7 cm³/mol. The normalized spacial score (nSPS) is 17.9. The van der Waals surface area contributed by atoms with E-state index in [1.165, 1.54) is 5.56 Å². The summed E-state index contributed by atoms with van der Waals surface area (Å²) in [5.74, 6) is 0.377. The van der Waals surface area contributed by atoms with Gasteiger partial charge >= 0.3 is 6.03 Å². The van der Waals surface area contributed by atoms with Crippen molar-refractivity contribution in [3.63, 3.8) is 0 Å². The van der Waals surface area contributed by atoms with E-state index >= 15 is 0 Å². The number of anilines is 1. The Morgan fingerprint density at radius 1 is 1.36 bits per heavy atom. The molecule has 1 unspecified atom stereocenters. The number of rotatable bonds is 4. The van der Waals surface area contributed by atoms with Crippen LogP contribution >= 0.6 is 0 Å². The largest absolute Gasteiger partial charge is 0.324 e. The van der Waals surface area contributed by atoms with Crippen LogP contribution in [0.3, 0.4) is 0 Å². The number of carbonyl (C=O) groups excluding carboxylic acids is 1. The maximum atomic E-state index is 12.3. The molecule has 7 heteroatoms. The number of nitrogens with zero attached hydrogens (tertiary/aromatic N) is 5. The molecule has 1 aliphatic rings. The van der Waals surface area contributed by atoms with E-state index in [4.69, 9.17) is 0 Å². The number of hydrogen-bond acceptors (Lipinski definition) is 3. The molecule has 1 saturated heterocycles. The highest BCUT2D eigenvalue weighted by atomic mass is 16.2. The zero-order valence-corrected chi connectivity index (χ0v) is 13.1. The lowest BCUT2D eigenvalue weighted by Gasteiger charge is -2.16. The maximum absolute atomic E-state index is 12.3. The van der Waals surface area contributed by atoms with Gasteiger partial charge in [0.15, 0.2) is 0 Å². The van der Waals surface area contributed by atoms with Crippen molar-refractivity contribution in [1.29, 1.82) is 0 Å². The number of likely N-dealkylation sites (tertiary alicyclic amines) is 1. The van der Waals surface area contributed by atoms with Crippen molar-refractivity contribution in [3.05, 3.63) is 30.4 Å². The van der Waals surface area contributed by atoms with Crippen LogP contribution in [0.5, 0.6) is 0 Å². The first kappa shape index (κ1) is 14.6. The van der Waals surface area contributed by atoms with E-state index in [0.29, 0.717) is 5.92 Å². The van der Waals surface area contributed by atoms with Crippen molar-refractivity contribution >= 4 is 11.7 Å². The van der Waals surface area contributed by atoms with Gasteiger partial charge in [-0.2, -0.15) is 10.2 Å². The monoisotopic (exact) mass is 302 g/mol. The summed E-state index contributed by atoms with van der Waals surface area (Å²) < 4.78 is 3.65. The standard InChI is InChI=1S/C15H22N6O/c1-3-5-21-11-14(8-17-21)18-15(22)20-6-4-12(10-20)13-7-16-19(2)9-13/h7-9,11-12H,3-6,10H2,1-2H3,(H,18,22). The minimum atomic E-state index is -0.0533. The van der Waals surface area contributed by atoms with Crippen LogP contribution in [0.2, 0.25) is 0 Å². The van der Waals surface area contributed by atoms with Gasteiger partial charge in [0.25, 0.3) is 0 Å². The van der Waals surface area contributed by atoms with Crippen molar-refractivity contribution in [3.8, 4) is 0 Å². The van der Waals surface area contributed by atoms with Gasteiger partial charge in [-0.1, -0.05) is 6.92 Å². The lowest BCUT2D eigenvalue weighted by molar-refractivity contribution is 0.222. The topological polar surface area (TPSA) is 68.0 Å². The van der Waals surface area contributed by atoms with Crippen LogP contribution in [-0.4, -0.2) is 43.6 Å². The van der Waals surface area contributed by atoms with Gasteiger partial charge in [-0.05, 0) is 18.4 Å². The van der Waals surface area contributed by atoms with Gasteiger partial charge in [-0.15, -0.1) is 0 Å². The first-order valence-corrected chi connectivity index (χ1v) is 7.72. The summed E-state index contributed by atoms with van der Waals surface area (Å²) in [5, 5.41) is 11.4. The van der Waals surface area contributed by atoms with Gasteiger partial charge in [0.1, 0.15) is 0 Å². The zero-order valence-electron chi connectivity index (χ0n) is 13.1. The number of aryl methyl sites for hydroxylation is 2. The lowest BCUT2D eigenvalue weighted by atomic mass is 10.0. The predicted octanol–water partition coefficient (Wildman–Crippen LogP) is 2.05. The summed E-state index contributed by atoms with van der Waals surface area (Å²) >= 11 is 0. The minimum absolute atomic E-state index is 0.0533. The number of amides is 2. The Morgan fingerprint density at radius 2 is 2.23 bits per heavy atom. The van der Waals surface area contributed by atoms with Crippen LogP contribution in [0.15, 0.2) is 24.8 Å². The van der Waals surface area contributed by atoms with Crippen molar-refractivity contribution in [2.75, 3.05) is 18.4 Å². The average molecular weight is 302 g/mol. The molecule has 0 aliphatic carbocycles. The second-order valence-corrected chi connectivity index (χ2v) is 5.80. The van der Waals surface area contributed by atoms with Gasteiger partial charge in [0.05, 0.1) is 18.1 Å². The van der Waals surface area contributed by atoms with E-state index in [1.807, 2.05) is 35.2 Å². The van der Waals surface area contributed by atoms with E-state index in [0.717, 1.165) is 38.2 Å². The van der Waals surface area contributed by atoms with Crippen LogP contribution in [0, 0.1) is 0 Å². The summed E-state index contributed by atoms with van der Waals surface area (Å²) in [6.45, 7) is 4.47. The van der Waals surface area contributed by atoms with Crippen LogP contribution in [-0.2, 0) is 13.6 Å². The van der Waals surface area contributed by atoms with E-state index < -0.39 is 0 Å². The molecule has 118 valence electrons. The number of urea groups is 1. The second-order valence-electron chi connectivity index (χ2n) is 5.80. The number of hydrogen-bond donors (Lipinski definition) is 1. The molecule has 1 atom stereocenters. The Morgan fingerprint density at radius 3 is 2.95 bits per heavy atom. The van der Waals surface area contributed by atoms with E-state index in [2.05, 4.69) is 22.4 Å². The molecule has 1 N–H and O–H groups in total. The molecule has 0 saturated carbocycles. The van der Waals surface area contributed by atoms with Crippen LogP contribution in [0.4, 0.5) is 10.5 Å².